The standard InChI is InChI=1S/C17H17BrFNO2/c1-3-17(21)20-15-6-4-5-14(19)12(15)10-22-16-9-11(2)7-8-13(16)18/h4-9H,3,10H2,1-2H3,(H,20,21). The molecule has 2 aromatic carbocycles. The van der Waals surface area contributed by atoms with Crippen molar-refractivity contribution in [3.63, 3.8) is 0 Å². The van der Waals surface area contributed by atoms with E-state index in [0.29, 0.717) is 23.4 Å². The van der Waals surface area contributed by atoms with Crippen molar-refractivity contribution in [2.24, 2.45) is 0 Å². The van der Waals surface area contributed by atoms with Crippen molar-refractivity contribution in [2.75, 3.05) is 5.32 Å². The topological polar surface area (TPSA) is 38.3 Å². The Hall–Kier alpha value is -1.88. The van der Waals surface area contributed by atoms with Gasteiger partial charge in [-0.05, 0) is 52.7 Å². The van der Waals surface area contributed by atoms with Gasteiger partial charge in [0.15, 0.2) is 0 Å². The van der Waals surface area contributed by atoms with Crippen molar-refractivity contribution >= 4 is 27.5 Å². The molecule has 0 aliphatic heterocycles. The number of hydrogen-bond donors (Lipinski definition) is 1. The highest BCUT2D eigenvalue weighted by Gasteiger charge is 2.12. The monoisotopic (exact) mass is 365 g/mol. The first-order chi connectivity index (χ1) is 10.5. The molecular formula is C17H17BrFNO2. The number of carbonyl (C=O) groups is 1. The van der Waals surface area contributed by atoms with Gasteiger partial charge < -0.3 is 10.1 Å². The Morgan fingerprint density at radius 2 is 2.09 bits per heavy atom. The predicted octanol–water partition coefficient (Wildman–Crippen LogP) is 4.82. The van der Waals surface area contributed by atoms with E-state index in [2.05, 4.69) is 21.2 Å². The molecule has 0 radical (unpaired) electrons. The molecule has 116 valence electrons. The van der Waals surface area contributed by atoms with Gasteiger partial charge in [-0.1, -0.05) is 19.1 Å². The van der Waals surface area contributed by atoms with Gasteiger partial charge in [-0.2, -0.15) is 0 Å². The maximum absolute atomic E-state index is 14.0. The fourth-order valence-corrected chi connectivity index (χ4v) is 2.29. The van der Waals surface area contributed by atoms with Crippen molar-refractivity contribution < 1.29 is 13.9 Å². The van der Waals surface area contributed by atoms with E-state index >= 15 is 0 Å². The summed E-state index contributed by atoms with van der Waals surface area (Å²) in [5.41, 5.74) is 1.82. The Morgan fingerprint density at radius 3 is 2.82 bits per heavy atom. The van der Waals surface area contributed by atoms with Crippen molar-refractivity contribution in [1.29, 1.82) is 0 Å². The number of amides is 1. The molecule has 1 amide bonds. The predicted molar refractivity (Wildman–Crippen MR) is 88.5 cm³/mol. The first kappa shape index (κ1) is 16.5. The molecule has 0 spiro atoms. The van der Waals surface area contributed by atoms with Crippen LogP contribution in [0, 0.1) is 12.7 Å². The summed E-state index contributed by atoms with van der Waals surface area (Å²) in [6.07, 6.45) is 0.334. The SMILES string of the molecule is CCC(=O)Nc1cccc(F)c1COc1cc(C)ccc1Br. The first-order valence-electron chi connectivity index (χ1n) is 6.97. The minimum absolute atomic E-state index is 0.0358. The number of carbonyl (C=O) groups excluding carboxylic acids is 1. The first-order valence-corrected chi connectivity index (χ1v) is 7.76. The van der Waals surface area contributed by atoms with Crippen molar-refractivity contribution in [1.82, 2.24) is 0 Å². The van der Waals surface area contributed by atoms with Gasteiger partial charge in [0.2, 0.25) is 5.91 Å². The van der Waals surface area contributed by atoms with E-state index in [4.69, 9.17) is 4.74 Å². The highest BCUT2D eigenvalue weighted by atomic mass is 79.9. The molecule has 0 aliphatic rings. The second-order valence-corrected chi connectivity index (χ2v) is 5.74. The molecule has 0 unspecified atom stereocenters. The van der Waals surface area contributed by atoms with Crippen LogP contribution < -0.4 is 10.1 Å². The van der Waals surface area contributed by atoms with Gasteiger partial charge in [-0.25, -0.2) is 4.39 Å². The van der Waals surface area contributed by atoms with Crippen LogP contribution >= 0.6 is 15.9 Å². The van der Waals surface area contributed by atoms with Crippen LogP contribution in [0.1, 0.15) is 24.5 Å². The van der Waals surface area contributed by atoms with Crippen LogP contribution in [0.5, 0.6) is 5.75 Å². The van der Waals surface area contributed by atoms with Crippen LogP contribution in [0.25, 0.3) is 0 Å². The number of rotatable bonds is 5. The molecule has 2 aromatic rings. The number of benzene rings is 2. The molecule has 3 nitrogen and oxygen atoms in total. The molecule has 0 aromatic heterocycles. The smallest absolute Gasteiger partial charge is 0.224 e. The Bertz CT molecular complexity index is 688. The van der Waals surface area contributed by atoms with E-state index in [1.165, 1.54) is 6.07 Å². The zero-order chi connectivity index (χ0) is 16.1. The summed E-state index contributed by atoms with van der Waals surface area (Å²) in [5.74, 6) is 0.0669. The molecule has 0 saturated heterocycles. The summed E-state index contributed by atoms with van der Waals surface area (Å²) in [5, 5.41) is 2.69. The summed E-state index contributed by atoms with van der Waals surface area (Å²) in [4.78, 5) is 11.5. The average Bonchev–Trinajstić information content (AvgIpc) is 2.49. The van der Waals surface area contributed by atoms with Crippen LogP contribution in [0.4, 0.5) is 10.1 Å². The zero-order valence-corrected chi connectivity index (χ0v) is 14.0. The molecule has 5 heteroatoms. The summed E-state index contributed by atoms with van der Waals surface area (Å²) < 4.78 is 20.5. The van der Waals surface area contributed by atoms with Gasteiger partial charge in [0, 0.05) is 12.0 Å². The van der Waals surface area contributed by atoms with Gasteiger partial charge in [0.1, 0.15) is 18.2 Å². The number of aryl methyl sites for hydroxylation is 1. The average molecular weight is 366 g/mol. The molecule has 0 heterocycles. The molecule has 0 fully saturated rings. The van der Waals surface area contributed by atoms with Crippen molar-refractivity contribution in [2.45, 2.75) is 26.9 Å². The largest absolute Gasteiger partial charge is 0.488 e. The van der Waals surface area contributed by atoms with Gasteiger partial charge in [0.25, 0.3) is 0 Å². The summed E-state index contributed by atoms with van der Waals surface area (Å²) in [6, 6.07) is 10.3. The molecule has 0 aliphatic carbocycles. The zero-order valence-electron chi connectivity index (χ0n) is 12.5. The Labute approximate surface area is 137 Å². The maximum Gasteiger partial charge on any atom is 0.224 e. The molecular weight excluding hydrogens is 349 g/mol. The number of nitrogens with one attached hydrogen (secondary N) is 1. The lowest BCUT2D eigenvalue weighted by molar-refractivity contribution is -0.115. The molecule has 2 rings (SSSR count). The lowest BCUT2D eigenvalue weighted by Crippen LogP contribution is -2.13. The van der Waals surface area contributed by atoms with E-state index in [9.17, 15) is 9.18 Å². The number of halogens is 2. The number of ether oxygens (including phenoxy) is 1. The van der Waals surface area contributed by atoms with Gasteiger partial charge in [0.05, 0.1) is 10.2 Å². The third kappa shape index (κ3) is 4.07. The molecule has 0 saturated carbocycles. The molecule has 1 N–H and O–H groups in total. The van der Waals surface area contributed by atoms with Gasteiger partial charge in [-0.15, -0.1) is 0 Å². The lowest BCUT2D eigenvalue weighted by Gasteiger charge is -2.14. The Balaban J connectivity index is 2.21. The minimum atomic E-state index is -0.405. The van der Waals surface area contributed by atoms with Crippen LogP contribution in [-0.2, 0) is 11.4 Å². The highest BCUT2D eigenvalue weighted by Crippen LogP contribution is 2.28. The van der Waals surface area contributed by atoms with Gasteiger partial charge >= 0.3 is 0 Å². The van der Waals surface area contributed by atoms with Crippen LogP contribution in [0.2, 0.25) is 0 Å². The maximum atomic E-state index is 14.0. The fourth-order valence-electron chi connectivity index (χ4n) is 1.93. The van der Waals surface area contributed by atoms with E-state index in [1.807, 2.05) is 25.1 Å². The van der Waals surface area contributed by atoms with Gasteiger partial charge in [-0.3, -0.25) is 4.79 Å². The Morgan fingerprint density at radius 1 is 1.32 bits per heavy atom. The quantitative estimate of drug-likeness (QED) is 0.824. The fraction of sp³-hybridized carbons (Fsp3) is 0.235. The third-order valence-corrected chi connectivity index (χ3v) is 3.83. The van der Waals surface area contributed by atoms with E-state index in [-0.39, 0.29) is 12.5 Å². The molecule has 0 bridgehead atoms. The molecule has 0 atom stereocenters. The summed E-state index contributed by atoms with van der Waals surface area (Å²) >= 11 is 3.40. The normalized spacial score (nSPS) is 10.4. The second-order valence-electron chi connectivity index (χ2n) is 4.89. The van der Waals surface area contributed by atoms with Crippen LogP contribution in [0.3, 0.4) is 0 Å². The molecule has 22 heavy (non-hydrogen) atoms. The van der Waals surface area contributed by atoms with Crippen LogP contribution in [-0.4, -0.2) is 5.91 Å². The number of anilines is 1. The summed E-state index contributed by atoms with van der Waals surface area (Å²) in [6.45, 7) is 3.73. The summed E-state index contributed by atoms with van der Waals surface area (Å²) in [7, 11) is 0. The van der Waals surface area contributed by atoms with Crippen molar-refractivity contribution in [3.05, 3.63) is 57.8 Å². The van der Waals surface area contributed by atoms with Crippen molar-refractivity contribution in [3.8, 4) is 5.75 Å². The number of hydrogen-bond acceptors (Lipinski definition) is 2. The van der Waals surface area contributed by atoms with Crippen LogP contribution in [0.15, 0.2) is 40.9 Å². The Kier molecular flexibility index (Phi) is 5.55. The third-order valence-electron chi connectivity index (χ3n) is 3.17. The highest BCUT2D eigenvalue weighted by molar-refractivity contribution is 9.10. The van der Waals surface area contributed by atoms with E-state index < -0.39 is 5.82 Å². The van der Waals surface area contributed by atoms with E-state index in [1.54, 1.807) is 19.1 Å². The minimum Gasteiger partial charge on any atom is -0.488 e. The van der Waals surface area contributed by atoms with E-state index in [0.717, 1.165) is 10.0 Å². The second kappa shape index (κ2) is 7.40. The lowest BCUT2D eigenvalue weighted by atomic mass is 10.1.